The molecule has 0 atom stereocenters. The highest BCUT2D eigenvalue weighted by molar-refractivity contribution is 8.11. The van der Waals surface area contributed by atoms with Gasteiger partial charge < -0.3 is 4.74 Å². The van der Waals surface area contributed by atoms with Crippen molar-refractivity contribution in [3.8, 4) is 5.75 Å². The molecule has 0 unspecified atom stereocenters. The van der Waals surface area contributed by atoms with Gasteiger partial charge in [-0.25, -0.2) is 0 Å². The minimum absolute atomic E-state index is 0.266. The van der Waals surface area contributed by atoms with E-state index in [0.717, 1.165) is 11.3 Å². The van der Waals surface area contributed by atoms with Crippen LogP contribution in [0.3, 0.4) is 0 Å². The fraction of sp³-hybridized carbons (Fsp3) is 0.333. The summed E-state index contributed by atoms with van der Waals surface area (Å²) in [6.07, 6.45) is 0. The van der Waals surface area contributed by atoms with Gasteiger partial charge in [-0.15, -0.1) is 0 Å². The van der Waals surface area contributed by atoms with Gasteiger partial charge in [-0.3, -0.25) is 0 Å². The van der Waals surface area contributed by atoms with Gasteiger partial charge in [0.25, 0.3) is 9.24 Å². The summed E-state index contributed by atoms with van der Waals surface area (Å²) in [6, 6.07) is 7.34. The van der Waals surface area contributed by atoms with E-state index in [1.165, 1.54) is 4.31 Å². The maximum atomic E-state index is 11.2. The molecule has 0 radical (unpaired) electrons. The van der Waals surface area contributed by atoms with Gasteiger partial charge in [0.1, 0.15) is 12.4 Å². The molecular weight excluding hydrogens is 238 g/mol. The molecule has 6 heteroatoms. The Morgan fingerprint density at radius 1 is 1.33 bits per heavy atom. The Balaban J connectivity index is 2.33. The van der Waals surface area contributed by atoms with Crippen LogP contribution in [0.25, 0.3) is 0 Å². The van der Waals surface area contributed by atoms with Crippen molar-refractivity contribution >= 4 is 19.9 Å². The number of ether oxygens (including phenoxy) is 1. The zero-order valence-electron chi connectivity index (χ0n) is 7.89. The van der Waals surface area contributed by atoms with Crippen LogP contribution in [0.15, 0.2) is 24.3 Å². The maximum Gasteiger partial charge on any atom is 0.300 e. The fourth-order valence-electron chi connectivity index (χ4n) is 1.49. The number of rotatable bonds is 1. The van der Waals surface area contributed by atoms with Crippen LogP contribution in [0, 0.1) is 0 Å². The molecule has 0 fully saturated rings. The Morgan fingerprint density at radius 3 is 2.80 bits per heavy atom. The van der Waals surface area contributed by atoms with Gasteiger partial charge in [-0.05, 0) is 6.07 Å². The number of hydrogen-bond donors (Lipinski definition) is 0. The summed E-state index contributed by atoms with van der Waals surface area (Å²) in [7, 11) is 1.63. The second-order valence-corrected chi connectivity index (χ2v) is 5.74. The summed E-state index contributed by atoms with van der Waals surface area (Å²) in [6.45, 7) is 0.867. The Morgan fingerprint density at radius 2 is 2.07 bits per heavy atom. The van der Waals surface area contributed by atoms with Crippen molar-refractivity contribution in [2.24, 2.45) is 0 Å². The van der Waals surface area contributed by atoms with E-state index >= 15 is 0 Å². The minimum atomic E-state index is -3.67. The highest BCUT2D eigenvalue weighted by atomic mass is 35.7. The zero-order valence-corrected chi connectivity index (χ0v) is 9.46. The molecule has 0 amide bonds. The SMILES string of the molecule is O=S(=O)(Cl)N1CCOc2ccccc2C1. The van der Waals surface area contributed by atoms with E-state index in [-0.39, 0.29) is 13.1 Å². The predicted octanol–water partition coefficient (Wildman–Crippen LogP) is 1.36. The highest BCUT2D eigenvalue weighted by Crippen LogP contribution is 2.24. The van der Waals surface area contributed by atoms with E-state index in [4.69, 9.17) is 15.4 Å². The Kier molecular flexibility index (Phi) is 2.86. The van der Waals surface area contributed by atoms with E-state index in [2.05, 4.69) is 0 Å². The lowest BCUT2D eigenvalue weighted by atomic mass is 10.2. The molecule has 0 aliphatic carbocycles. The third-order valence-electron chi connectivity index (χ3n) is 2.23. The lowest BCUT2D eigenvalue weighted by Crippen LogP contribution is -2.28. The normalized spacial score (nSPS) is 17.7. The average molecular weight is 248 g/mol. The number of hydrogen-bond acceptors (Lipinski definition) is 3. The summed E-state index contributed by atoms with van der Waals surface area (Å²) in [5.74, 6) is 0.723. The molecule has 15 heavy (non-hydrogen) atoms. The molecule has 0 aromatic heterocycles. The molecule has 2 rings (SSSR count). The van der Waals surface area contributed by atoms with Crippen LogP contribution in [0.1, 0.15) is 5.56 Å². The lowest BCUT2D eigenvalue weighted by molar-refractivity contribution is 0.295. The average Bonchev–Trinajstić information content (AvgIpc) is 2.38. The van der Waals surface area contributed by atoms with Gasteiger partial charge in [-0.2, -0.15) is 12.7 Å². The second-order valence-electron chi connectivity index (χ2n) is 3.23. The zero-order chi connectivity index (χ0) is 10.9. The summed E-state index contributed by atoms with van der Waals surface area (Å²) in [5.41, 5.74) is 0.833. The van der Waals surface area contributed by atoms with Gasteiger partial charge in [0.15, 0.2) is 0 Å². The molecule has 1 aromatic carbocycles. The van der Waals surface area contributed by atoms with Crippen LogP contribution >= 0.6 is 10.7 Å². The lowest BCUT2D eigenvalue weighted by Gasteiger charge is -2.13. The van der Waals surface area contributed by atoms with Crippen molar-refractivity contribution in [2.75, 3.05) is 13.2 Å². The molecular formula is C9H10ClNO3S. The second kappa shape index (κ2) is 4.00. The largest absolute Gasteiger partial charge is 0.492 e. The molecule has 82 valence electrons. The summed E-state index contributed by atoms with van der Waals surface area (Å²) in [5, 5.41) is 0. The number of nitrogens with zero attached hydrogens (tertiary/aromatic N) is 1. The quantitative estimate of drug-likeness (QED) is 0.704. The first-order chi connectivity index (χ1) is 7.07. The van der Waals surface area contributed by atoms with Crippen LogP contribution in [0.5, 0.6) is 5.75 Å². The number of para-hydroxylation sites is 1. The first-order valence-corrected chi connectivity index (χ1v) is 6.74. The van der Waals surface area contributed by atoms with Crippen LogP contribution in [-0.2, 0) is 15.8 Å². The van der Waals surface area contributed by atoms with Gasteiger partial charge in [0, 0.05) is 29.3 Å². The Labute approximate surface area is 93.0 Å². The molecule has 1 aliphatic heterocycles. The Bertz CT molecular complexity index is 460. The first kappa shape index (κ1) is 10.7. The molecule has 0 saturated carbocycles. The molecule has 4 nitrogen and oxygen atoms in total. The molecule has 0 N–H and O–H groups in total. The molecule has 0 spiro atoms. The van der Waals surface area contributed by atoms with Crippen LogP contribution in [0.4, 0.5) is 0 Å². The van der Waals surface area contributed by atoms with Gasteiger partial charge in [-0.1, -0.05) is 18.2 Å². The third kappa shape index (κ3) is 2.42. The number of halogens is 1. The highest BCUT2D eigenvalue weighted by Gasteiger charge is 2.23. The first-order valence-electron chi connectivity index (χ1n) is 4.48. The van der Waals surface area contributed by atoms with Gasteiger partial charge in [0.05, 0.1) is 0 Å². The predicted molar refractivity (Wildman–Crippen MR) is 57.1 cm³/mol. The molecule has 1 heterocycles. The van der Waals surface area contributed by atoms with Crippen LogP contribution < -0.4 is 4.74 Å². The van der Waals surface area contributed by atoms with Crippen molar-refractivity contribution in [3.63, 3.8) is 0 Å². The fourth-order valence-corrected chi connectivity index (χ4v) is 2.43. The topological polar surface area (TPSA) is 46.6 Å². The third-order valence-corrected chi connectivity index (χ3v) is 3.74. The van der Waals surface area contributed by atoms with Crippen molar-refractivity contribution in [1.29, 1.82) is 0 Å². The minimum Gasteiger partial charge on any atom is -0.492 e. The molecule has 0 saturated heterocycles. The van der Waals surface area contributed by atoms with Crippen molar-refractivity contribution in [1.82, 2.24) is 4.31 Å². The van der Waals surface area contributed by atoms with E-state index in [1.807, 2.05) is 24.3 Å². The summed E-state index contributed by atoms with van der Waals surface area (Å²) >= 11 is 0. The maximum absolute atomic E-state index is 11.2. The molecule has 0 bridgehead atoms. The standard InChI is InChI=1S/C9H10ClNO3S/c10-15(12,13)11-5-6-14-9-4-2-1-3-8(9)7-11/h1-4H,5-7H2. The number of benzene rings is 1. The van der Waals surface area contributed by atoms with Gasteiger partial charge in [0.2, 0.25) is 0 Å². The Hall–Kier alpha value is -0.780. The van der Waals surface area contributed by atoms with E-state index in [9.17, 15) is 8.42 Å². The van der Waals surface area contributed by atoms with Crippen LogP contribution in [-0.4, -0.2) is 25.9 Å². The smallest absolute Gasteiger partial charge is 0.300 e. The van der Waals surface area contributed by atoms with Crippen molar-refractivity contribution in [2.45, 2.75) is 6.54 Å². The summed E-state index contributed by atoms with van der Waals surface area (Å²) < 4.78 is 29.0. The van der Waals surface area contributed by atoms with Gasteiger partial charge >= 0.3 is 0 Å². The van der Waals surface area contributed by atoms with E-state index < -0.39 is 9.24 Å². The molecule has 1 aliphatic rings. The monoisotopic (exact) mass is 247 g/mol. The van der Waals surface area contributed by atoms with Crippen molar-refractivity contribution < 1.29 is 13.2 Å². The summed E-state index contributed by atoms with van der Waals surface area (Å²) in [4.78, 5) is 0. The van der Waals surface area contributed by atoms with Crippen LogP contribution in [0.2, 0.25) is 0 Å². The van der Waals surface area contributed by atoms with E-state index in [0.29, 0.717) is 6.61 Å². The van der Waals surface area contributed by atoms with E-state index in [1.54, 1.807) is 0 Å². The molecule has 1 aromatic rings. The van der Waals surface area contributed by atoms with Crippen molar-refractivity contribution in [3.05, 3.63) is 29.8 Å². The number of fused-ring (bicyclic) bond motifs is 1.